The molecule has 3 aromatic rings. The fourth-order valence-corrected chi connectivity index (χ4v) is 4.08. The summed E-state index contributed by atoms with van der Waals surface area (Å²) in [5.74, 6) is 0.360. The number of rotatable bonds is 8. The van der Waals surface area contributed by atoms with E-state index in [9.17, 15) is 9.59 Å². The van der Waals surface area contributed by atoms with Crippen LogP contribution in [-0.4, -0.2) is 32.3 Å². The third-order valence-electron chi connectivity index (χ3n) is 4.65. The summed E-state index contributed by atoms with van der Waals surface area (Å²) in [6.07, 6.45) is 0. The van der Waals surface area contributed by atoms with Gasteiger partial charge in [0.05, 0.1) is 21.8 Å². The molecule has 0 saturated heterocycles. The fraction of sp³-hybridized carbons (Fsp3) is 0.273. The Morgan fingerprint density at radius 1 is 1.09 bits per heavy atom. The van der Waals surface area contributed by atoms with Crippen LogP contribution in [0.1, 0.15) is 41.6 Å². The molecule has 32 heavy (non-hydrogen) atoms. The Bertz CT molecular complexity index is 1120. The lowest BCUT2D eigenvalue weighted by atomic mass is 10.2. The minimum atomic E-state index is -0.403. The number of carbonyl (C=O) groups is 2. The van der Waals surface area contributed by atoms with Gasteiger partial charge in [-0.1, -0.05) is 52.7 Å². The van der Waals surface area contributed by atoms with E-state index >= 15 is 0 Å². The molecule has 0 aliphatic rings. The van der Waals surface area contributed by atoms with Crippen molar-refractivity contribution in [3.8, 4) is 0 Å². The van der Waals surface area contributed by atoms with E-state index in [0.717, 1.165) is 11.3 Å². The van der Waals surface area contributed by atoms with E-state index in [1.54, 1.807) is 12.1 Å². The van der Waals surface area contributed by atoms with Crippen LogP contribution in [0.3, 0.4) is 0 Å². The summed E-state index contributed by atoms with van der Waals surface area (Å²) in [6.45, 7) is 6.36. The molecule has 0 bridgehead atoms. The van der Waals surface area contributed by atoms with Gasteiger partial charge in [-0.15, -0.1) is 10.2 Å². The topological polar surface area (TPSA) is 88.9 Å². The largest absolute Gasteiger partial charge is 0.342 e. The van der Waals surface area contributed by atoms with Crippen LogP contribution >= 0.6 is 35.0 Å². The lowest BCUT2D eigenvalue weighted by molar-refractivity contribution is -0.113. The van der Waals surface area contributed by atoms with Crippen molar-refractivity contribution in [3.05, 3.63) is 69.5 Å². The van der Waals surface area contributed by atoms with Gasteiger partial charge < -0.3 is 15.2 Å². The first kappa shape index (κ1) is 24.1. The van der Waals surface area contributed by atoms with Crippen LogP contribution in [0.25, 0.3) is 0 Å². The molecular weight excluding hydrogens is 469 g/mol. The Hall–Kier alpha value is -2.55. The van der Waals surface area contributed by atoms with E-state index < -0.39 is 6.04 Å². The van der Waals surface area contributed by atoms with E-state index in [0.29, 0.717) is 33.1 Å². The first-order valence-corrected chi connectivity index (χ1v) is 11.7. The molecule has 0 unspecified atom stereocenters. The van der Waals surface area contributed by atoms with E-state index in [1.807, 2.05) is 49.6 Å². The summed E-state index contributed by atoms with van der Waals surface area (Å²) in [5, 5.41) is 15.5. The van der Waals surface area contributed by atoms with Crippen molar-refractivity contribution in [1.29, 1.82) is 0 Å². The van der Waals surface area contributed by atoms with Gasteiger partial charge >= 0.3 is 0 Å². The normalized spacial score (nSPS) is 11.8. The minimum Gasteiger partial charge on any atom is -0.342 e. The van der Waals surface area contributed by atoms with Crippen molar-refractivity contribution < 1.29 is 9.59 Å². The lowest BCUT2D eigenvalue weighted by Crippen LogP contribution is -2.28. The number of anilines is 1. The number of hydrogen-bond donors (Lipinski definition) is 2. The molecule has 2 amide bonds. The number of carbonyl (C=O) groups excluding carboxylic acids is 2. The van der Waals surface area contributed by atoms with Crippen molar-refractivity contribution in [2.45, 2.75) is 38.5 Å². The third-order valence-corrected chi connectivity index (χ3v) is 6.35. The Kier molecular flexibility index (Phi) is 8.17. The average Bonchev–Trinajstić information content (AvgIpc) is 3.19. The summed E-state index contributed by atoms with van der Waals surface area (Å²) >= 11 is 13.2. The second kappa shape index (κ2) is 10.8. The van der Waals surface area contributed by atoms with Crippen molar-refractivity contribution in [2.24, 2.45) is 0 Å². The van der Waals surface area contributed by atoms with Crippen molar-refractivity contribution in [1.82, 2.24) is 20.1 Å². The number of benzene rings is 2. The van der Waals surface area contributed by atoms with Gasteiger partial charge in [0, 0.05) is 17.8 Å². The van der Waals surface area contributed by atoms with Crippen LogP contribution in [0, 0.1) is 6.92 Å². The smallest absolute Gasteiger partial charge is 0.251 e. The molecule has 0 aliphatic heterocycles. The highest BCUT2D eigenvalue weighted by Crippen LogP contribution is 2.24. The summed E-state index contributed by atoms with van der Waals surface area (Å²) in [4.78, 5) is 24.9. The summed E-state index contributed by atoms with van der Waals surface area (Å²) in [7, 11) is 0. The maximum Gasteiger partial charge on any atom is 0.251 e. The quantitative estimate of drug-likeness (QED) is 0.426. The van der Waals surface area contributed by atoms with Crippen molar-refractivity contribution in [3.63, 3.8) is 0 Å². The number of nitrogens with zero attached hydrogens (tertiary/aromatic N) is 3. The monoisotopic (exact) mass is 491 g/mol. The van der Waals surface area contributed by atoms with Crippen molar-refractivity contribution >= 4 is 52.5 Å². The summed E-state index contributed by atoms with van der Waals surface area (Å²) in [6, 6.07) is 11.9. The minimum absolute atomic E-state index is 0.132. The zero-order valence-electron chi connectivity index (χ0n) is 17.9. The highest BCUT2D eigenvalue weighted by molar-refractivity contribution is 7.99. The van der Waals surface area contributed by atoms with E-state index in [-0.39, 0.29) is 17.6 Å². The SMILES string of the molecule is CCn1c(SCC(=O)Nc2ccc(C)cc2)nnc1[C@@H](C)NC(=O)c1ccc(Cl)c(Cl)c1. The van der Waals surface area contributed by atoms with Crippen LogP contribution in [0.4, 0.5) is 5.69 Å². The molecule has 7 nitrogen and oxygen atoms in total. The number of halogens is 2. The molecule has 0 aliphatic carbocycles. The molecule has 0 radical (unpaired) electrons. The van der Waals surface area contributed by atoms with Gasteiger partial charge in [-0.25, -0.2) is 0 Å². The Morgan fingerprint density at radius 2 is 1.81 bits per heavy atom. The Morgan fingerprint density at radius 3 is 2.47 bits per heavy atom. The molecular formula is C22H23Cl2N5O2S. The summed E-state index contributed by atoms with van der Waals surface area (Å²) < 4.78 is 1.88. The van der Waals surface area contributed by atoms with Gasteiger partial charge in [-0.05, 0) is 51.1 Å². The highest BCUT2D eigenvalue weighted by Gasteiger charge is 2.20. The van der Waals surface area contributed by atoms with Crippen LogP contribution in [-0.2, 0) is 11.3 Å². The number of aryl methyl sites for hydroxylation is 1. The van der Waals surface area contributed by atoms with Crippen molar-refractivity contribution in [2.75, 3.05) is 11.1 Å². The van der Waals surface area contributed by atoms with Crippen LogP contribution in [0.5, 0.6) is 0 Å². The molecule has 2 aromatic carbocycles. The maximum absolute atomic E-state index is 12.6. The van der Waals surface area contributed by atoms with Crippen LogP contribution < -0.4 is 10.6 Å². The molecule has 10 heteroatoms. The summed E-state index contributed by atoms with van der Waals surface area (Å²) in [5.41, 5.74) is 2.27. The molecule has 1 atom stereocenters. The molecule has 1 aromatic heterocycles. The van der Waals surface area contributed by atoms with Gasteiger partial charge in [0.15, 0.2) is 11.0 Å². The van der Waals surface area contributed by atoms with Gasteiger partial charge in [0.2, 0.25) is 5.91 Å². The van der Waals surface area contributed by atoms with Gasteiger partial charge in [-0.2, -0.15) is 0 Å². The predicted octanol–water partition coefficient (Wildman–Crippen LogP) is 5.14. The second-order valence-corrected chi connectivity index (χ2v) is 8.87. The number of aromatic nitrogens is 3. The lowest BCUT2D eigenvalue weighted by Gasteiger charge is -2.15. The molecule has 2 N–H and O–H groups in total. The van der Waals surface area contributed by atoms with E-state index in [2.05, 4.69) is 20.8 Å². The van der Waals surface area contributed by atoms with E-state index in [1.165, 1.54) is 17.8 Å². The number of amides is 2. The zero-order valence-corrected chi connectivity index (χ0v) is 20.2. The first-order valence-electron chi connectivity index (χ1n) is 9.96. The van der Waals surface area contributed by atoms with Gasteiger partial charge in [0.25, 0.3) is 5.91 Å². The maximum atomic E-state index is 12.6. The first-order chi connectivity index (χ1) is 15.3. The molecule has 3 rings (SSSR count). The number of nitrogens with one attached hydrogen (secondary N) is 2. The number of thioether (sulfide) groups is 1. The van der Waals surface area contributed by atoms with Gasteiger partial charge in [-0.3, -0.25) is 9.59 Å². The standard InChI is InChI=1S/C22H23Cl2N5O2S/c1-4-29-20(14(3)25-21(31)15-7-10-17(23)18(24)11-15)27-28-22(29)32-12-19(30)26-16-8-5-13(2)6-9-16/h5-11,14H,4,12H2,1-3H3,(H,25,31)(H,26,30)/t14-/m1/s1. The third kappa shape index (κ3) is 6.03. The fourth-order valence-electron chi connectivity index (χ4n) is 2.97. The van der Waals surface area contributed by atoms with E-state index in [4.69, 9.17) is 23.2 Å². The Labute approximate surface area is 200 Å². The average molecular weight is 492 g/mol. The Balaban J connectivity index is 1.62. The second-order valence-electron chi connectivity index (χ2n) is 7.11. The zero-order chi connectivity index (χ0) is 23.3. The molecule has 168 valence electrons. The number of hydrogen-bond acceptors (Lipinski definition) is 5. The molecule has 0 spiro atoms. The van der Waals surface area contributed by atoms with Crippen LogP contribution in [0.15, 0.2) is 47.6 Å². The van der Waals surface area contributed by atoms with Gasteiger partial charge in [0.1, 0.15) is 0 Å². The molecule has 0 fully saturated rings. The highest BCUT2D eigenvalue weighted by atomic mass is 35.5. The predicted molar refractivity (Wildman–Crippen MR) is 129 cm³/mol. The molecule has 1 heterocycles. The molecule has 0 saturated carbocycles. The van der Waals surface area contributed by atoms with Crippen LogP contribution in [0.2, 0.25) is 10.0 Å².